The fourth-order valence-corrected chi connectivity index (χ4v) is 2.06. The van der Waals surface area contributed by atoms with Crippen LogP contribution in [0, 0.1) is 0 Å². The summed E-state index contributed by atoms with van der Waals surface area (Å²) in [5.41, 5.74) is 1.42. The zero-order valence-electron chi connectivity index (χ0n) is 8.66. The summed E-state index contributed by atoms with van der Waals surface area (Å²) < 4.78 is 11.6. The van der Waals surface area contributed by atoms with Gasteiger partial charge in [-0.25, -0.2) is 0 Å². The molecule has 2 rings (SSSR count). The molecule has 1 heterocycles. The van der Waals surface area contributed by atoms with E-state index in [-0.39, 0.29) is 18.5 Å². The van der Waals surface area contributed by atoms with Crippen molar-refractivity contribution >= 4 is 0 Å². The highest BCUT2D eigenvalue weighted by molar-refractivity contribution is 5.06. The molecule has 1 spiro atoms. The van der Waals surface area contributed by atoms with E-state index < -0.39 is 0 Å². The largest absolute Gasteiger partial charge is 0.396 e. The summed E-state index contributed by atoms with van der Waals surface area (Å²) in [5, 5.41) is 8.81. The lowest BCUT2D eigenvalue weighted by molar-refractivity contribution is -0.173. The molecule has 1 saturated heterocycles. The highest BCUT2D eigenvalue weighted by atomic mass is 16.7. The maximum absolute atomic E-state index is 8.81. The van der Waals surface area contributed by atoms with E-state index in [1.807, 2.05) is 0 Å². The van der Waals surface area contributed by atoms with Crippen molar-refractivity contribution in [2.24, 2.45) is 0 Å². The summed E-state index contributed by atoms with van der Waals surface area (Å²) in [7, 11) is 0. The van der Waals surface area contributed by atoms with E-state index >= 15 is 0 Å². The maximum atomic E-state index is 8.81. The second kappa shape index (κ2) is 4.01. The number of hydrogen-bond donors (Lipinski definition) is 1. The van der Waals surface area contributed by atoms with Gasteiger partial charge in [0.05, 0.1) is 12.7 Å². The van der Waals surface area contributed by atoms with Crippen LogP contribution in [0.3, 0.4) is 0 Å². The minimum atomic E-state index is -0.362. The number of hydrogen-bond acceptors (Lipinski definition) is 3. The Morgan fingerprint density at radius 3 is 3.14 bits per heavy atom. The van der Waals surface area contributed by atoms with E-state index in [9.17, 15) is 0 Å². The minimum Gasteiger partial charge on any atom is -0.396 e. The maximum Gasteiger partial charge on any atom is 0.172 e. The van der Waals surface area contributed by atoms with Crippen molar-refractivity contribution in [2.45, 2.75) is 44.5 Å². The van der Waals surface area contributed by atoms with Gasteiger partial charge in [-0.05, 0) is 19.8 Å². The van der Waals surface area contributed by atoms with Gasteiger partial charge in [-0.15, -0.1) is 0 Å². The van der Waals surface area contributed by atoms with Crippen LogP contribution in [0.4, 0.5) is 0 Å². The summed E-state index contributed by atoms with van der Waals surface area (Å²) in [6.07, 6.45) is 5.85. The summed E-state index contributed by atoms with van der Waals surface area (Å²) >= 11 is 0. The molecular formula is C11H18O3. The van der Waals surface area contributed by atoms with Crippen molar-refractivity contribution in [3.05, 3.63) is 11.6 Å². The smallest absolute Gasteiger partial charge is 0.172 e. The molecule has 1 N–H and O–H groups in total. The quantitative estimate of drug-likeness (QED) is 0.685. The third-order valence-corrected chi connectivity index (χ3v) is 3.03. The molecular weight excluding hydrogens is 180 g/mol. The van der Waals surface area contributed by atoms with Crippen LogP contribution in [0.1, 0.15) is 32.6 Å². The standard InChI is InChI=1S/C11H18O3/c1-9-2-5-11(6-3-9)13-8-10(14-11)4-7-12/h2,10,12H,3-8H2,1H3. The second-order valence-electron chi connectivity index (χ2n) is 4.23. The van der Waals surface area contributed by atoms with Crippen molar-refractivity contribution in [3.8, 4) is 0 Å². The molecule has 2 atom stereocenters. The van der Waals surface area contributed by atoms with Crippen LogP contribution in [0.5, 0.6) is 0 Å². The fourth-order valence-electron chi connectivity index (χ4n) is 2.06. The predicted octanol–water partition coefficient (Wildman–Crippen LogP) is 1.61. The number of rotatable bonds is 2. The van der Waals surface area contributed by atoms with Gasteiger partial charge in [0.1, 0.15) is 0 Å². The first kappa shape index (κ1) is 10.1. The number of allylic oxidation sites excluding steroid dienone is 1. The van der Waals surface area contributed by atoms with E-state index in [1.165, 1.54) is 5.57 Å². The summed E-state index contributed by atoms with van der Waals surface area (Å²) in [5.74, 6) is -0.362. The van der Waals surface area contributed by atoms with Gasteiger partial charge < -0.3 is 14.6 Å². The normalized spacial score (nSPS) is 37.6. The summed E-state index contributed by atoms with van der Waals surface area (Å²) in [6, 6.07) is 0. The van der Waals surface area contributed by atoms with Crippen LogP contribution in [0.2, 0.25) is 0 Å². The molecule has 14 heavy (non-hydrogen) atoms. The van der Waals surface area contributed by atoms with Gasteiger partial charge in [-0.1, -0.05) is 11.6 Å². The molecule has 0 aromatic carbocycles. The molecule has 2 aliphatic rings. The van der Waals surface area contributed by atoms with E-state index in [4.69, 9.17) is 14.6 Å². The molecule has 0 bridgehead atoms. The Bertz CT molecular complexity index is 237. The highest BCUT2D eigenvalue weighted by Gasteiger charge is 2.41. The van der Waals surface area contributed by atoms with Crippen molar-refractivity contribution in [1.29, 1.82) is 0 Å². The summed E-state index contributed by atoms with van der Waals surface area (Å²) in [4.78, 5) is 0. The molecule has 3 nitrogen and oxygen atoms in total. The lowest BCUT2D eigenvalue weighted by atomic mass is 9.95. The summed E-state index contributed by atoms with van der Waals surface area (Å²) in [6.45, 7) is 2.96. The van der Waals surface area contributed by atoms with E-state index in [2.05, 4.69) is 13.0 Å². The molecule has 0 amide bonds. The van der Waals surface area contributed by atoms with Gasteiger partial charge in [0.2, 0.25) is 0 Å². The number of aliphatic hydroxyl groups is 1. The van der Waals surface area contributed by atoms with Crippen molar-refractivity contribution in [3.63, 3.8) is 0 Å². The Kier molecular flexibility index (Phi) is 2.91. The van der Waals surface area contributed by atoms with Crippen molar-refractivity contribution in [2.75, 3.05) is 13.2 Å². The zero-order chi connectivity index (χ0) is 10.0. The first-order valence-corrected chi connectivity index (χ1v) is 5.32. The Morgan fingerprint density at radius 2 is 2.50 bits per heavy atom. The average molecular weight is 198 g/mol. The van der Waals surface area contributed by atoms with Crippen LogP contribution in [-0.4, -0.2) is 30.2 Å². The monoisotopic (exact) mass is 198 g/mol. The molecule has 0 aromatic rings. The third-order valence-electron chi connectivity index (χ3n) is 3.03. The first-order chi connectivity index (χ1) is 6.74. The Morgan fingerprint density at radius 1 is 1.64 bits per heavy atom. The fraction of sp³-hybridized carbons (Fsp3) is 0.818. The topological polar surface area (TPSA) is 38.7 Å². The molecule has 1 aliphatic carbocycles. The Balaban J connectivity index is 1.93. The molecule has 1 aliphatic heterocycles. The lowest BCUT2D eigenvalue weighted by Gasteiger charge is -2.30. The molecule has 0 aromatic heterocycles. The van der Waals surface area contributed by atoms with Crippen molar-refractivity contribution in [1.82, 2.24) is 0 Å². The Hall–Kier alpha value is -0.380. The Labute approximate surface area is 84.7 Å². The van der Waals surface area contributed by atoms with Crippen LogP contribution >= 0.6 is 0 Å². The van der Waals surface area contributed by atoms with E-state index in [1.54, 1.807) is 0 Å². The van der Waals surface area contributed by atoms with Crippen LogP contribution in [-0.2, 0) is 9.47 Å². The number of ether oxygens (including phenoxy) is 2. The van der Waals surface area contributed by atoms with E-state index in [0.29, 0.717) is 13.0 Å². The molecule has 0 saturated carbocycles. The van der Waals surface area contributed by atoms with Gasteiger partial charge in [-0.3, -0.25) is 0 Å². The molecule has 1 fully saturated rings. The molecule has 0 radical (unpaired) electrons. The van der Waals surface area contributed by atoms with Crippen LogP contribution in [0.15, 0.2) is 11.6 Å². The molecule has 80 valence electrons. The van der Waals surface area contributed by atoms with Crippen LogP contribution < -0.4 is 0 Å². The SMILES string of the molecule is CC1=CCC2(CC1)OCC(CCO)O2. The van der Waals surface area contributed by atoms with Gasteiger partial charge in [0.25, 0.3) is 0 Å². The minimum absolute atomic E-state index is 0.0896. The third kappa shape index (κ3) is 2.00. The van der Waals surface area contributed by atoms with Crippen LogP contribution in [0.25, 0.3) is 0 Å². The second-order valence-corrected chi connectivity index (χ2v) is 4.23. The zero-order valence-corrected chi connectivity index (χ0v) is 8.66. The first-order valence-electron chi connectivity index (χ1n) is 5.32. The van der Waals surface area contributed by atoms with Gasteiger partial charge in [-0.2, -0.15) is 0 Å². The van der Waals surface area contributed by atoms with E-state index in [0.717, 1.165) is 19.3 Å². The molecule has 2 unspecified atom stereocenters. The highest BCUT2D eigenvalue weighted by Crippen LogP contribution is 2.37. The predicted molar refractivity (Wildman–Crippen MR) is 52.9 cm³/mol. The lowest BCUT2D eigenvalue weighted by Crippen LogP contribution is -2.32. The van der Waals surface area contributed by atoms with Gasteiger partial charge >= 0.3 is 0 Å². The average Bonchev–Trinajstić information content (AvgIpc) is 2.56. The van der Waals surface area contributed by atoms with Crippen molar-refractivity contribution < 1.29 is 14.6 Å². The number of aliphatic hydroxyl groups excluding tert-OH is 1. The van der Waals surface area contributed by atoms with Gasteiger partial charge in [0, 0.05) is 19.4 Å². The molecule has 3 heteroatoms. The van der Waals surface area contributed by atoms with Gasteiger partial charge in [0.15, 0.2) is 5.79 Å².